The zero-order chi connectivity index (χ0) is 12.8. The van der Waals surface area contributed by atoms with Crippen LogP contribution >= 0.6 is 0 Å². The molecule has 0 bridgehead atoms. The van der Waals surface area contributed by atoms with Crippen LogP contribution in [0.2, 0.25) is 0 Å². The van der Waals surface area contributed by atoms with E-state index in [2.05, 4.69) is 5.32 Å². The number of nitrogens with one attached hydrogen (secondary N) is 1. The highest BCUT2D eigenvalue weighted by molar-refractivity contribution is 5.70. The number of hydrogen-bond acceptors (Lipinski definition) is 3. The summed E-state index contributed by atoms with van der Waals surface area (Å²) in [6.07, 6.45) is 0. The zero-order valence-electron chi connectivity index (χ0n) is 10.4. The highest BCUT2D eigenvalue weighted by atomic mass is 16.5. The van der Waals surface area contributed by atoms with Crippen LogP contribution < -0.4 is 10.1 Å². The molecule has 4 nitrogen and oxygen atoms in total. The number of carboxylic acid groups (broad SMARTS) is 1. The summed E-state index contributed by atoms with van der Waals surface area (Å²) < 4.78 is 5.13. The Morgan fingerprint density at radius 2 is 2.18 bits per heavy atom. The van der Waals surface area contributed by atoms with Gasteiger partial charge in [0.1, 0.15) is 5.75 Å². The molecular formula is C13H19NO3. The molecule has 0 aromatic heterocycles. The summed E-state index contributed by atoms with van der Waals surface area (Å²) >= 11 is 0. The number of hydrogen-bond donors (Lipinski definition) is 2. The third kappa shape index (κ3) is 4.07. The Morgan fingerprint density at radius 3 is 2.76 bits per heavy atom. The van der Waals surface area contributed by atoms with Gasteiger partial charge in [0.15, 0.2) is 0 Å². The van der Waals surface area contributed by atoms with Gasteiger partial charge >= 0.3 is 5.97 Å². The predicted octanol–water partition coefficient (Wildman–Crippen LogP) is 1.89. The fourth-order valence-corrected chi connectivity index (χ4v) is 1.45. The van der Waals surface area contributed by atoms with E-state index in [-0.39, 0.29) is 6.04 Å². The van der Waals surface area contributed by atoms with E-state index in [1.807, 2.05) is 31.2 Å². The fraction of sp³-hybridized carbons (Fsp3) is 0.462. The van der Waals surface area contributed by atoms with Crippen molar-refractivity contribution in [2.45, 2.75) is 26.4 Å². The minimum atomic E-state index is -0.782. The van der Waals surface area contributed by atoms with Gasteiger partial charge in [0.2, 0.25) is 0 Å². The van der Waals surface area contributed by atoms with Gasteiger partial charge in [-0.1, -0.05) is 19.1 Å². The molecule has 0 aliphatic rings. The van der Waals surface area contributed by atoms with Crippen LogP contribution in [0.4, 0.5) is 0 Å². The molecule has 0 saturated heterocycles. The lowest BCUT2D eigenvalue weighted by molar-refractivity contribution is -0.141. The van der Waals surface area contributed by atoms with Crippen LogP contribution in [0.3, 0.4) is 0 Å². The molecule has 1 aromatic carbocycles. The smallest absolute Gasteiger partial charge is 0.307 e. The van der Waals surface area contributed by atoms with Gasteiger partial charge in [-0.3, -0.25) is 4.79 Å². The summed E-state index contributed by atoms with van der Waals surface area (Å²) in [5, 5.41) is 12.1. The molecule has 2 N–H and O–H groups in total. The summed E-state index contributed by atoms with van der Waals surface area (Å²) in [5.41, 5.74) is 1.08. The highest BCUT2D eigenvalue weighted by Gasteiger charge is 2.18. The average molecular weight is 237 g/mol. The van der Waals surface area contributed by atoms with Crippen LogP contribution in [0.1, 0.15) is 19.4 Å². The summed E-state index contributed by atoms with van der Waals surface area (Å²) in [5.74, 6) is -0.375. The second-order valence-electron chi connectivity index (χ2n) is 4.15. The minimum Gasteiger partial charge on any atom is -0.497 e. The lowest BCUT2D eigenvalue weighted by Crippen LogP contribution is -2.35. The predicted molar refractivity (Wildman–Crippen MR) is 66.1 cm³/mol. The Labute approximate surface area is 102 Å². The molecular weight excluding hydrogens is 218 g/mol. The largest absolute Gasteiger partial charge is 0.497 e. The van der Waals surface area contributed by atoms with Crippen molar-refractivity contribution in [1.29, 1.82) is 0 Å². The summed E-state index contributed by atoms with van der Waals surface area (Å²) in [4.78, 5) is 10.8. The average Bonchev–Trinajstić information content (AvgIpc) is 2.35. The highest BCUT2D eigenvalue weighted by Crippen LogP contribution is 2.13. The molecule has 0 heterocycles. The van der Waals surface area contributed by atoms with Gasteiger partial charge in [-0.2, -0.15) is 0 Å². The van der Waals surface area contributed by atoms with Gasteiger partial charge in [-0.25, -0.2) is 0 Å². The van der Waals surface area contributed by atoms with E-state index >= 15 is 0 Å². The Hall–Kier alpha value is -1.55. The number of ether oxygens (including phenoxy) is 1. The fourth-order valence-electron chi connectivity index (χ4n) is 1.45. The SMILES string of the molecule is COc1cccc(CNC(C)C(C)C(=O)O)c1. The van der Waals surface area contributed by atoms with Crippen molar-refractivity contribution in [2.24, 2.45) is 5.92 Å². The van der Waals surface area contributed by atoms with Crippen LogP contribution in [0.15, 0.2) is 24.3 Å². The molecule has 0 spiro atoms. The first-order valence-corrected chi connectivity index (χ1v) is 5.63. The molecule has 0 saturated carbocycles. The molecule has 4 heteroatoms. The van der Waals surface area contributed by atoms with Crippen molar-refractivity contribution in [3.05, 3.63) is 29.8 Å². The van der Waals surface area contributed by atoms with Gasteiger partial charge in [0.25, 0.3) is 0 Å². The molecule has 0 radical (unpaired) electrons. The number of benzene rings is 1. The number of methoxy groups -OCH3 is 1. The van der Waals surface area contributed by atoms with Crippen molar-refractivity contribution in [3.63, 3.8) is 0 Å². The summed E-state index contributed by atoms with van der Waals surface area (Å²) in [6, 6.07) is 7.64. The van der Waals surface area contributed by atoms with Crippen LogP contribution in [-0.4, -0.2) is 24.2 Å². The summed E-state index contributed by atoms with van der Waals surface area (Å²) in [7, 11) is 1.63. The Morgan fingerprint density at radius 1 is 1.47 bits per heavy atom. The van der Waals surface area contributed by atoms with E-state index in [1.54, 1.807) is 14.0 Å². The zero-order valence-corrected chi connectivity index (χ0v) is 10.4. The van der Waals surface area contributed by atoms with E-state index in [4.69, 9.17) is 9.84 Å². The van der Waals surface area contributed by atoms with Crippen molar-refractivity contribution >= 4 is 5.97 Å². The minimum absolute atomic E-state index is 0.0706. The van der Waals surface area contributed by atoms with E-state index in [1.165, 1.54) is 0 Å². The quantitative estimate of drug-likeness (QED) is 0.793. The topological polar surface area (TPSA) is 58.6 Å². The molecule has 2 unspecified atom stereocenters. The normalized spacial score (nSPS) is 14.1. The molecule has 17 heavy (non-hydrogen) atoms. The van der Waals surface area contributed by atoms with Crippen LogP contribution in [0.5, 0.6) is 5.75 Å². The van der Waals surface area contributed by atoms with Crippen molar-refractivity contribution in [3.8, 4) is 5.75 Å². The second kappa shape index (κ2) is 6.25. The maximum atomic E-state index is 10.8. The van der Waals surface area contributed by atoms with E-state index in [9.17, 15) is 4.79 Å². The first-order chi connectivity index (χ1) is 8.04. The van der Waals surface area contributed by atoms with Crippen molar-refractivity contribution in [2.75, 3.05) is 7.11 Å². The van der Waals surface area contributed by atoms with Crippen LogP contribution in [-0.2, 0) is 11.3 Å². The molecule has 0 amide bonds. The van der Waals surface area contributed by atoms with Crippen molar-refractivity contribution in [1.82, 2.24) is 5.32 Å². The number of aliphatic carboxylic acids is 1. The van der Waals surface area contributed by atoms with Crippen LogP contribution in [0, 0.1) is 5.92 Å². The van der Waals surface area contributed by atoms with Gasteiger partial charge in [0.05, 0.1) is 13.0 Å². The third-order valence-electron chi connectivity index (χ3n) is 2.90. The lowest BCUT2D eigenvalue weighted by Gasteiger charge is -2.17. The molecule has 94 valence electrons. The van der Waals surface area contributed by atoms with Gasteiger partial charge in [0, 0.05) is 12.6 Å². The van der Waals surface area contributed by atoms with Crippen LogP contribution in [0.25, 0.3) is 0 Å². The monoisotopic (exact) mass is 237 g/mol. The molecule has 1 rings (SSSR count). The van der Waals surface area contributed by atoms with Crippen molar-refractivity contribution < 1.29 is 14.6 Å². The van der Waals surface area contributed by atoms with Gasteiger partial charge in [-0.15, -0.1) is 0 Å². The first kappa shape index (κ1) is 13.5. The summed E-state index contributed by atoms with van der Waals surface area (Å²) in [6.45, 7) is 4.21. The third-order valence-corrected chi connectivity index (χ3v) is 2.90. The Balaban J connectivity index is 2.52. The van der Waals surface area contributed by atoms with E-state index < -0.39 is 11.9 Å². The molecule has 0 aliphatic carbocycles. The molecule has 1 aromatic rings. The number of rotatable bonds is 6. The molecule has 0 aliphatic heterocycles. The molecule has 0 fully saturated rings. The van der Waals surface area contributed by atoms with E-state index in [0.29, 0.717) is 6.54 Å². The standard InChI is InChI=1S/C13H19NO3/c1-9(13(15)16)10(2)14-8-11-5-4-6-12(7-11)17-3/h4-7,9-10,14H,8H2,1-3H3,(H,15,16). The first-order valence-electron chi connectivity index (χ1n) is 5.63. The Bertz CT molecular complexity index is 379. The lowest BCUT2D eigenvalue weighted by atomic mass is 10.0. The van der Waals surface area contributed by atoms with Gasteiger partial charge in [-0.05, 0) is 24.6 Å². The van der Waals surface area contributed by atoms with Gasteiger partial charge < -0.3 is 15.2 Å². The Kier molecular flexibility index (Phi) is 4.97. The molecule has 2 atom stereocenters. The number of carbonyl (C=O) groups is 1. The maximum Gasteiger partial charge on any atom is 0.307 e. The maximum absolute atomic E-state index is 10.8. The second-order valence-corrected chi connectivity index (χ2v) is 4.15. The number of carboxylic acids is 1. The van der Waals surface area contributed by atoms with E-state index in [0.717, 1.165) is 11.3 Å².